The van der Waals surface area contributed by atoms with Crippen LogP contribution in [0.15, 0.2) is 59.1 Å². The van der Waals surface area contributed by atoms with Crippen LogP contribution in [0.5, 0.6) is 0 Å². The Morgan fingerprint density at radius 1 is 1.08 bits per heavy atom. The van der Waals surface area contributed by atoms with Crippen molar-refractivity contribution in [2.75, 3.05) is 0 Å². The summed E-state index contributed by atoms with van der Waals surface area (Å²) < 4.78 is 7.33. The monoisotopic (exact) mass is 341 g/mol. The normalized spacial score (nSPS) is 11.1. The molecule has 3 rings (SSSR count). The summed E-state index contributed by atoms with van der Waals surface area (Å²) in [6.45, 7) is 0. The SMILES string of the molecule is C[n+]1oc(-c2ccc([N+](=O)[O-])cc2)cc1/C=C/c1ccc(Cl)cc1. The lowest BCUT2D eigenvalue weighted by Crippen LogP contribution is -2.27. The Hall–Kier alpha value is -2.92. The second kappa shape index (κ2) is 6.68. The van der Waals surface area contributed by atoms with Crippen LogP contribution in [0.2, 0.25) is 5.02 Å². The molecule has 1 aromatic heterocycles. The van der Waals surface area contributed by atoms with E-state index in [9.17, 15) is 10.1 Å². The molecule has 6 heteroatoms. The zero-order valence-corrected chi connectivity index (χ0v) is 13.6. The molecule has 3 aromatic rings. The number of rotatable bonds is 4. The molecule has 0 fully saturated rings. The first-order valence-corrected chi connectivity index (χ1v) is 7.59. The Bertz CT molecular complexity index is 897. The highest BCUT2D eigenvalue weighted by atomic mass is 35.5. The number of aromatic nitrogens is 1. The lowest BCUT2D eigenvalue weighted by atomic mass is 10.1. The van der Waals surface area contributed by atoms with E-state index in [0.717, 1.165) is 16.8 Å². The van der Waals surface area contributed by atoms with Gasteiger partial charge >= 0.3 is 0 Å². The number of nitrogens with zero attached hydrogens (tertiary/aromatic N) is 2. The summed E-state index contributed by atoms with van der Waals surface area (Å²) in [6.07, 6.45) is 3.89. The van der Waals surface area contributed by atoms with E-state index in [1.165, 1.54) is 12.1 Å². The van der Waals surface area contributed by atoms with Gasteiger partial charge in [0, 0.05) is 28.8 Å². The third-order valence-corrected chi connectivity index (χ3v) is 3.81. The number of non-ortho nitro benzene ring substituents is 1. The van der Waals surface area contributed by atoms with Crippen molar-refractivity contribution in [1.29, 1.82) is 0 Å². The van der Waals surface area contributed by atoms with Gasteiger partial charge in [-0.1, -0.05) is 23.7 Å². The minimum atomic E-state index is -0.424. The van der Waals surface area contributed by atoms with Crippen LogP contribution in [-0.4, -0.2) is 4.92 Å². The average Bonchev–Trinajstić information content (AvgIpc) is 2.95. The fourth-order valence-electron chi connectivity index (χ4n) is 2.24. The number of benzene rings is 2. The molecule has 0 spiro atoms. The molecule has 0 bridgehead atoms. The lowest BCUT2D eigenvalue weighted by molar-refractivity contribution is -0.844. The van der Waals surface area contributed by atoms with Gasteiger partial charge in [0.25, 0.3) is 11.4 Å². The fraction of sp³-hybridized carbons (Fsp3) is 0.0556. The van der Waals surface area contributed by atoms with Gasteiger partial charge in [0.05, 0.1) is 11.0 Å². The molecule has 2 aromatic carbocycles. The van der Waals surface area contributed by atoms with Crippen LogP contribution in [0.4, 0.5) is 5.69 Å². The van der Waals surface area contributed by atoms with Gasteiger partial charge < -0.3 is 0 Å². The van der Waals surface area contributed by atoms with E-state index in [2.05, 4.69) is 0 Å². The predicted octanol–water partition coefficient (Wildman–Crippen LogP) is 4.50. The fourth-order valence-corrected chi connectivity index (χ4v) is 2.37. The summed E-state index contributed by atoms with van der Waals surface area (Å²) in [5.41, 5.74) is 2.73. The van der Waals surface area contributed by atoms with E-state index in [4.69, 9.17) is 16.1 Å². The lowest BCUT2D eigenvalue weighted by Gasteiger charge is -1.93. The first-order valence-electron chi connectivity index (χ1n) is 7.22. The molecule has 5 nitrogen and oxygen atoms in total. The first-order chi connectivity index (χ1) is 11.5. The molecular weight excluding hydrogens is 328 g/mol. The summed E-state index contributed by atoms with van der Waals surface area (Å²) in [6, 6.07) is 15.7. The Labute approximate surface area is 143 Å². The number of hydrogen-bond donors (Lipinski definition) is 0. The molecule has 24 heavy (non-hydrogen) atoms. The van der Waals surface area contributed by atoms with E-state index >= 15 is 0 Å². The standard InChI is InChI=1S/C18H14ClN2O3/c1-20-17(9-4-13-2-7-15(19)8-3-13)12-18(24-20)14-5-10-16(11-6-14)21(22)23/h2-12H,1H3/q+1/b9-4+. The smallest absolute Gasteiger partial charge is 0.258 e. The second-order valence-corrected chi connectivity index (χ2v) is 5.65. The van der Waals surface area contributed by atoms with E-state index < -0.39 is 4.92 Å². The Kier molecular flexibility index (Phi) is 4.44. The number of halogens is 1. The van der Waals surface area contributed by atoms with Crippen molar-refractivity contribution < 1.29 is 14.2 Å². The zero-order valence-electron chi connectivity index (χ0n) is 12.8. The Balaban J connectivity index is 1.84. The first kappa shape index (κ1) is 16.0. The van der Waals surface area contributed by atoms with Gasteiger partial charge in [0.1, 0.15) is 0 Å². The summed E-state index contributed by atoms with van der Waals surface area (Å²) >= 11 is 5.87. The van der Waals surface area contributed by atoms with Crippen molar-refractivity contribution in [3.8, 4) is 11.3 Å². The Morgan fingerprint density at radius 2 is 1.75 bits per heavy atom. The zero-order chi connectivity index (χ0) is 17.1. The number of nitro benzene ring substituents is 1. The largest absolute Gasteiger partial charge is 0.269 e. The molecule has 0 N–H and O–H groups in total. The van der Waals surface area contributed by atoms with Crippen LogP contribution >= 0.6 is 11.6 Å². The highest BCUT2D eigenvalue weighted by molar-refractivity contribution is 6.30. The number of hydrogen-bond acceptors (Lipinski definition) is 3. The van der Waals surface area contributed by atoms with Crippen molar-refractivity contribution in [3.63, 3.8) is 0 Å². The van der Waals surface area contributed by atoms with Crippen LogP contribution in [0.3, 0.4) is 0 Å². The summed E-state index contributed by atoms with van der Waals surface area (Å²) in [7, 11) is 1.80. The van der Waals surface area contributed by atoms with E-state index in [1.54, 1.807) is 23.9 Å². The van der Waals surface area contributed by atoms with Gasteiger partial charge in [-0.2, -0.15) is 0 Å². The molecule has 0 aliphatic heterocycles. The van der Waals surface area contributed by atoms with Gasteiger partial charge in [-0.25, -0.2) is 4.52 Å². The van der Waals surface area contributed by atoms with Crippen LogP contribution in [0.1, 0.15) is 11.3 Å². The minimum Gasteiger partial charge on any atom is -0.258 e. The molecule has 0 aliphatic carbocycles. The third-order valence-electron chi connectivity index (χ3n) is 3.56. The highest BCUT2D eigenvalue weighted by Gasteiger charge is 2.15. The van der Waals surface area contributed by atoms with Crippen molar-refractivity contribution >= 4 is 29.4 Å². The molecule has 0 saturated heterocycles. The minimum absolute atomic E-state index is 0.0533. The topological polar surface area (TPSA) is 60.2 Å². The maximum Gasteiger partial charge on any atom is 0.269 e. The van der Waals surface area contributed by atoms with Gasteiger partial charge in [0.2, 0.25) is 5.76 Å². The summed E-state index contributed by atoms with van der Waals surface area (Å²) in [5, 5.41) is 11.4. The van der Waals surface area contributed by atoms with Crippen LogP contribution < -0.4 is 4.74 Å². The van der Waals surface area contributed by atoms with Crippen LogP contribution in [-0.2, 0) is 7.05 Å². The maximum absolute atomic E-state index is 10.7. The van der Waals surface area contributed by atoms with Crippen molar-refractivity contribution in [3.05, 3.63) is 81.0 Å². The van der Waals surface area contributed by atoms with E-state index in [0.29, 0.717) is 10.8 Å². The molecule has 0 atom stereocenters. The van der Waals surface area contributed by atoms with Gasteiger partial charge in [-0.15, -0.1) is 0 Å². The third kappa shape index (κ3) is 3.52. The van der Waals surface area contributed by atoms with E-state index in [-0.39, 0.29) is 5.69 Å². The molecule has 120 valence electrons. The van der Waals surface area contributed by atoms with Crippen LogP contribution in [0.25, 0.3) is 23.5 Å². The second-order valence-electron chi connectivity index (χ2n) is 5.21. The Morgan fingerprint density at radius 3 is 2.38 bits per heavy atom. The van der Waals surface area contributed by atoms with Gasteiger partial charge in [0.15, 0.2) is 7.05 Å². The quantitative estimate of drug-likeness (QED) is 0.398. The summed E-state index contributed by atoms with van der Waals surface area (Å²) in [4.78, 5) is 10.3. The van der Waals surface area contributed by atoms with E-state index in [1.807, 2.05) is 42.5 Å². The molecule has 0 radical (unpaired) electrons. The van der Waals surface area contributed by atoms with Gasteiger partial charge in [-0.05, 0) is 40.6 Å². The van der Waals surface area contributed by atoms with Crippen molar-refractivity contribution in [1.82, 2.24) is 0 Å². The molecule has 1 heterocycles. The van der Waals surface area contributed by atoms with Gasteiger partial charge in [-0.3, -0.25) is 10.1 Å². The number of aryl methyl sites for hydroxylation is 1. The molecule has 0 saturated carbocycles. The molecule has 0 aliphatic rings. The summed E-state index contributed by atoms with van der Waals surface area (Å²) in [5.74, 6) is 0.642. The van der Waals surface area contributed by atoms with Crippen molar-refractivity contribution in [2.24, 2.45) is 7.05 Å². The molecule has 0 amide bonds. The average molecular weight is 342 g/mol. The predicted molar refractivity (Wildman–Crippen MR) is 92.4 cm³/mol. The number of nitro groups is 1. The molecule has 0 unspecified atom stereocenters. The van der Waals surface area contributed by atoms with Crippen molar-refractivity contribution in [2.45, 2.75) is 0 Å². The molecular formula is C18H14ClN2O3+. The maximum atomic E-state index is 10.7. The van der Waals surface area contributed by atoms with Crippen LogP contribution in [0, 0.1) is 10.1 Å². The highest BCUT2D eigenvalue weighted by Crippen LogP contribution is 2.23.